The molecular weight excluding hydrogens is 303 g/mol. The van der Waals surface area contributed by atoms with Crippen molar-refractivity contribution in [2.24, 2.45) is 0 Å². The lowest BCUT2D eigenvalue weighted by Crippen LogP contribution is -2.05. The highest BCUT2D eigenvalue weighted by Crippen LogP contribution is 2.37. The first kappa shape index (κ1) is 16.0. The highest BCUT2D eigenvalue weighted by Gasteiger charge is 2.27. The number of hydrogen-bond acceptors (Lipinski definition) is 5. The van der Waals surface area contributed by atoms with Crippen LogP contribution in [-0.4, -0.2) is 25.3 Å². The summed E-state index contributed by atoms with van der Waals surface area (Å²) in [6.45, 7) is 0. The zero-order valence-electron chi connectivity index (χ0n) is 12.2. The Hall–Kier alpha value is -2.39. The van der Waals surface area contributed by atoms with E-state index in [1.807, 2.05) is 0 Å². The van der Waals surface area contributed by atoms with E-state index >= 15 is 0 Å². The minimum atomic E-state index is -3.20. The van der Waals surface area contributed by atoms with Gasteiger partial charge in [-0.25, -0.2) is 0 Å². The van der Waals surface area contributed by atoms with Crippen LogP contribution < -0.4 is 9.47 Å². The van der Waals surface area contributed by atoms with E-state index in [0.717, 1.165) is 0 Å². The van der Waals surface area contributed by atoms with Crippen LogP contribution in [-0.2, 0) is 4.57 Å². The van der Waals surface area contributed by atoms with Crippen LogP contribution in [0.2, 0.25) is 0 Å². The number of benzene rings is 2. The molecule has 0 saturated carbocycles. The predicted molar refractivity (Wildman–Crippen MR) is 83.7 cm³/mol. The lowest BCUT2D eigenvalue weighted by atomic mass is 10.2. The average Bonchev–Trinajstić information content (AvgIpc) is 2.59. The van der Waals surface area contributed by atoms with E-state index in [1.54, 1.807) is 36.4 Å². The third kappa shape index (κ3) is 3.10. The van der Waals surface area contributed by atoms with Gasteiger partial charge in [-0.2, -0.15) is 0 Å². The third-order valence-corrected chi connectivity index (χ3v) is 4.48. The van der Waals surface area contributed by atoms with Crippen LogP contribution in [0, 0.1) is 0 Å². The maximum Gasteiger partial charge on any atom is 0.229 e. The number of carbonyl (C=O) groups excluding carboxylic acids is 2. The first-order chi connectivity index (χ1) is 10.6. The molecule has 2 rings (SSSR count). The fourth-order valence-corrected chi connectivity index (χ4v) is 3.12. The topological polar surface area (TPSA) is 69.7 Å². The standard InChI is InChI=1S/C16H15O5P/c1-20-13-9-5-3-7-11(13)15(17)22(19)16(18)12-8-4-6-10-14(12)21-2/h3-10,22H,1-2H3. The molecule has 5 nitrogen and oxygen atoms in total. The molecule has 22 heavy (non-hydrogen) atoms. The van der Waals surface area contributed by atoms with Gasteiger partial charge in [-0.15, -0.1) is 0 Å². The maximum absolute atomic E-state index is 12.4. The van der Waals surface area contributed by atoms with Crippen molar-refractivity contribution < 1.29 is 23.6 Å². The van der Waals surface area contributed by atoms with Crippen LogP contribution in [0.5, 0.6) is 11.5 Å². The summed E-state index contributed by atoms with van der Waals surface area (Å²) < 4.78 is 22.5. The molecule has 0 atom stereocenters. The summed E-state index contributed by atoms with van der Waals surface area (Å²) in [6.07, 6.45) is 0. The molecular formula is C16H15O5P. The van der Waals surface area contributed by atoms with Gasteiger partial charge in [0.1, 0.15) is 11.5 Å². The summed E-state index contributed by atoms with van der Waals surface area (Å²) in [5.41, 5.74) is -1.18. The van der Waals surface area contributed by atoms with Gasteiger partial charge in [0.2, 0.25) is 18.8 Å². The summed E-state index contributed by atoms with van der Waals surface area (Å²) in [5.74, 6) is 0.581. The fourth-order valence-electron chi connectivity index (χ4n) is 2.01. The number of ether oxygens (including phenoxy) is 2. The number of rotatable bonds is 6. The summed E-state index contributed by atoms with van der Waals surface area (Å²) in [6, 6.07) is 12.8. The zero-order chi connectivity index (χ0) is 16.1. The number of carbonyl (C=O) groups is 2. The minimum absolute atomic E-state index is 0.136. The van der Waals surface area contributed by atoms with Crippen LogP contribution in [0.3, 0.4) is 0 Å². The normalized spacial score (nSPS) is 10.3. The summed E-state index contributed by atoms with van der Waals surface area (Å²) in [4.78, 5) is 24.7. The van der Waals surface area contributed by atoms with Crippen molar-refractivity contribution in [2.45, 2.75) is 0 Å². The molecule has 0 fully saturated rings. The molecule has 0 amide bonds. The lowest BCUT2D eigenvalue weighted by Gasteiger charge is -2.08. The van der Waals surface area contributed by atoms with Gasteiger partial charge in [0.15, 0.2) is 0 Å². The molecule has 0 aliphatic heterocycles. The summed E-state index contributed by atoms with van der Waals surface area (Å²) in [5, 5.41) is 0. The van der Waals surface area contributed by atoms with Crippen molar-refractivity contribution in [3.8, 4) is 11.5 Å². The largest absolute Gasteiger partial charge is 0.496 e. The second-order valence-corrected chi connectivity index (χ2v) is 5.95. The molecule has 0 aliphatic carbocycles. The van der Waals surface area contributed by atoms with E-state index in [-0.39, 0.29) is 11.1 Å². The Balaban J connectivity index is 2.35. The third-order valence-electron chi connectivity index (χ3n) is 3.12. The van der Waals surface area contributed by atoms with Crippen LogP contribution >= 0.6 is 7.80 Å². The zero-order valence-corrected chi connectivity index (χ0v) is 13.2. The average molecular weight is 318 g/mol. The first-order valence-corrected chi connectivity index (χ1v) is 7.90. The smallest absolute Gasteiger partial charge is 0.229 e. The number of para-hydroxylation sites is 2. The highest BCUT2D eigenvalue weighted by atomic mass is 31.1. The van der Waals surface area contributed by atoms with E-state index in [4.69, 9.17) is 9.47 Å². The molecule has 0 heterocycles. The summed E-state index contributed by atoms with van der Waals surface area (Å²) in [7, 11) is -0.385. The van der Waals surface area contributed by atoms with Crippen molar-refractivity contribution in [1.82, 2.24) is 0 Å². The molecule has 6 heteroatoms. The fraction of sp³-hybridized carbons (Fsp3) is 0.125. The van der Waals surface area contributed by atoms with Crippen LogP contribution in [0.15, 0.2) is 48.5 Å². The SMILES string of the molecule is COc1ccccc1C(=O)[PH](=O)C(=O)c1ccccc1OC. The molecule has 0 bridgehead atoms. The Labute approximate surface area is 128 Å². The highest BCUT2D eigenvalue weighted by molar-refractivity contribution is 7.80. The molecule has 2 aromatic rings. The monoisotopic (exact) mass is 318 g/mol. The van der Waals surface area contributed by atoms with Gasteiger partial charge in [0.25, 0.3) is 0 Å². The molecule has 0 unspecified atom stereocenters. The van der Waals surface area contributed by atoms with Gasteiger partial charge >= 0.3 is 0 Å². The van der Waals surface area contributed by atoms with Gasteiger partial charge in [0.05, 0.1) is 25.3 Å². The van der Waals surface area contributed by atoms with Gasteiger partial charge in [0, 0.05) is 0 Å². The van der Waals surface area contributed by atoms with E-state index in [2.05, 4.69) is 0 Å². The van der Waals surface area contributed by atoms with Crippen molar-refractivity contribution in [2.75, 3.05) is 14.2 Å². The second kappa shape index (κ2) is 7.05. The van der Waals surface area contributed by atoms with Crippen molar-refractivity contribution in [3.05, 3.63) is 59.7 Å². The van der Waals surface area contributed by atoms with E-state index in [1.165, 1.54) is 26.4 Å². The Morgan fingerprint density at radius 1 is 0.773 bits per heavy atom. The van der Waals surface area contributed by atoms with Crippen molar-refractivity contribution in [1.29, 1.82) is 0 Å². The molecule has 0 aromatic heterocycles. The second-order valence-electron chi connectivity index (χ2n) is 4.39. The Morgan fingerprint density at radius 2 is 1.14 bits per heavy atom. The summed E-state index contributed by atoms with van der Waals surface area (Å²) >= 11 is 0. The molecule has 0 saturated heterocycles. The van der Waals surface area contributed by atoms with Crippen LogP contribution in [0.1, 0.15) is 20.7 Å². The molecule has 0 aliphatic rings. The van der Waals surface area contributed by atoms with Crippen molar-refractivity contribution in [3.63, 3.8) is 0 Å². The van der Waals surface area contributed by atoms with Gasteiger partial charge < -0.3 is 14.0 Å². The molecule has 0 N–H and O–H groups in total. The maximum atomic E-state index is 12.4. The molecule has 0 radical (unpaired) electrons. The Bertz CT molecular complexity index is 677. The molecule has 114 valence electrons. The van der Waals surface area contributed by atoms with Crippen LogP contribution in [0.4, 0.5) is 0 Å². The minimum Gasteiger partial charge on any atom is -0.496 e. The molecule has 2 aromatic carbocycles. The quantitative estimate of drug-likeness (QED) is 0.765. The van der Waals surface area contributed by atoms with Crippen LogP contribution in [0.25, 0.3) is 0 Å². The van der Waals surface area contributed by atoms with Crippen molar-refractivity contribution >= 4 is 18.8 Å². The Morgan fingerprint density at radius 3 is 1.50 bits per heavy atom. The number of methoxy groups -OCH3 is 2. The van der Waals surface area contributed by atoms with E-state index < -0.39 is 18.8 Å². The van der Waals surface area contributed by atoms with E-state index in [9.17, 15) is 14.2 Å². The van der Waals surface area contributed by atoms with Gasteiger partial charge in [-0.3, -0.25) is 9.59 Å². The van der Waals surface area contributed by atoms with E-state index in [0.29, 0.717) is 11.5 Å². The Kier molecular flexibility index (Phi) is 5.12. The first-order valence-electron chi connectivity index (χ1n) is 6.49. The number of hydrogen-bond donors (Lipinski definition) is 0. The van der Waals surface area contributed by atoms with Gasteiger partial charge in [-0.1, -0.05) is 24.3 Å². The van der Waals surface area contributed by atoms with Gasteiger partial charge in [-0.05, 0) is 24.3 Å². The predicted octanol–water partition coefficient (Wildman–Crippen LogP) is 3.24. The lowest BCUT2D eigenvalue weighted by molar-refractivity contribution is 0.104. The molecule has 0 spiro atoms.